The van der Waals surface area contributed by atoms with E-state index in [9.17, 15) is 0 Å². The molecule has 0 fully saturated rings. The molecule has 80 valence electrons. The smallest absolute Gasteiger partial charge is 0.115 e. The summed E-state index contributed by atoms with van der Waals surface area (Å²) in [6, 6.07) is 7.37. The zero-order valence-corrected chi connectivity index (χ0v) is 11.2. The molecule has 0 radical (unpaired) electrons. The van der Waals surface area contributed by atoms with Gasteiger partial charge >= 0.3 is 0 Å². The van der Waals surface area contributed by atoms with Crippen molar-refractivity contribution in [1.29, 1.82) is 0 Å². The Morgan fingerprint density at radius 1 is 1.14 bits per heavy atom. The molecule has 14 heavy (non-hydrogen) atoms. The molecule has 0 heterocycles. The van der Waals surface area contributed by atoms with Gasteiger partial charge < -0.3 is 10.0 Å². The number of benzene rings is 1. The molecular formula is C11H18INO. The summed E-state index contributed by atoms with van der Waals surface area (Å²) in [5.74, 6) is 0.337. The second-order valence-electron chi connectivity index (χ2n) is 3.22. The molecule has 0 saturated heterocycles. The summed E-state index contributed by atoms with van der Waals surface area (Å²) in [6.45, 7) is 1.05. The van der Waals surface area contributed by atoms with Crippen molar-refractivity contribution in [2.45, 2.75) is 6.42 Å². The van der Waals surface area contributed by atoms with Gasteiger partial charge in [0, 0.05) is 6.54 Å². The van der Waals surface area contributed by atoms with Crippen LogP contribution in [0.5, 0.6) is 5.75 Å². The number of phenols is 1. The lowest BCUT2D eigenvalue weighted by molar-refractivity contribution is 0.413. The van der Waals surface area contributed by atoms with Gasteiger partial charge in [-0.25, -0.2) is 0 Å². The number of hydrogen-bond donors (Lipinski definition) is 1. The Bertz CT molecular complexity index is 234. The van der Waals surface area contributed by atoms with E-state index in [2.05, 4.69) is 41.6 Å². The fourth-order valence-corrected chi connectivity index (χ4v) is 1.02. The highest BCUT2D eigenvalue weighted by Crippen LogP contribution is 2.09. The minimum absolute atomic E-state index is 0.337. The first-order valence-corrected chi connectivity index (χ1v) is 6.64. The Labute approximate surface area is 100 Å². The summed E-state index contributed by atoms with van der Waals surface area (Å²) < 4.78 is 0. The highest BCUT2D eigenvalue weighted by Gasteiger charge is 1.94. The van der Waals surface area contributed by atoms with E-state index in [1.807, 2.05) is 17.1 Å². The average molecular weight is 307 g/mol. The number of likely N-dealkylation sites (N-methyl/N-ethyl adjacent to an activating group) is 1. The van der Waals surface area contributed by atoms with Gasteiger partial charge in [-0.05, 0) is 43.1 Å². The van der Waals surface area contributed by atoms with Crippen LogP contribution >= 0.6 is 22.6 Å². The van der Waals surface area contributed by atoms with Crippen molar-refractivity contribution in [3.05, 3.63) is 29.8 Å². The second kappa shape index (κ2) is 8.05. The lowest BCUT2D eigenvalue weighted by Crippen LogP contribution is -2.14. The topological polar surface area (TPSA) is 23.5 Å². The van der Waals surface area contributed by atoms with E-state index < -0.39 is 0 Å². The molecule has 0 aliphatic heterocycles. The van der Waals surface area contributed by atoms with Crippen molar-refractivity contribution in [2.24, 2.45) is 0 Å². The van der Waals surface area contributed by atoms with Crippen molar-refractivity contribution in [2.75, 3.05) is 25.6 Å². The van der Waals surface area contributed by atoms with E-state index >= 15 is 0 Å². The van der Waals surface area contributed by atoms with Crippen LogP contribution in [0.15, 0.2) is 24.3 Å². The molecule has 1 N–H and O–H groups in total. The second-order valence-corrected chi connectivity index (χ2v) is 3.22. The number of aromatic hydroxyl groups is 1. The van der Waals surface area contributed by atoms with Gasteiger partial charge in [-0.1, -0.05) is 34.7 Å². The molecular weight excluding hydrogens is 289 g/mol. The number of alkyl halides is 1. The first-order chi connectivity index (χ1) is 6.68. The average Bonchev–Trinajstić information content (AvgIpc) is 2.20. The zero-order chi connectivity index (χ0) is 11.0. The van der Waals surface area contributed by atoms with E-state index in [4.69, 9.17) is 5.11 Å². The van der Waals surface area contributed by atoms with Gasteiger partial charge in [0.05, 0.1) is 0 Å². The van der Waals surface area contributed by atoms with E-state index in [0.717, 1.165) is 13.0 Å². The van der Waals surface area contributed by atoms with E-state index in [-0.39, 0.29) is 0 Å². The summed E-state index contributed by atoms with van der Waals surface area (Å²) in [5.41, 5.74) is 1.27. The number of halogens is 1. The summed E-state index contributed by atoms with van der Waals surface area (Å²) in [4.78, 5) is 4.12. The van der Waals surface area contributed by atoms with E-state index in [1.165, 1.54) is 5.56 Å². The molecule has 0 bridgehead atoms. The van der Waals surface area contributed by atoms with Crippen molar-refractivity contribution in [3.63, 3.8) is 0 Å². The lowest BCUT2D eigenvalue weighted by Gasteiger charge is -2.08. The normalized spacial score (nSPS) is 9.50. The first kappa shape index (κ1) is 13.7. The molecule has 0 amide bonds. The molecule has 1 aromatic rings. The first-order valence-electron chi connectivity index (χ1n) is 4.49. The predicted molar refractivity (Wildman–Crippen MR) is 70.3 cm³/mol. The Balaban J connectivity index is 0.000000791. The van der Waals surface area contributed by atoms with Gasteiger partial charge in [0.2, 0.25) is 0 Å². The quantitative estimate of drug-likeness (QED) is 0.685. The monoisotopic (exact) mass is 307 g/mol. The molecule has 0 atom stereocenters. The van der Waals surface area contributed by atoms with Crippen LogP contribution in [0.4, 0.5) is 0 Å². The number of nitrogens with zero attached hydrogens (tertiary/aromatic N) is 1. The Morgan fingerprint density at radius 3 is 2.07 bits per heavy atom. The molecule has 0 aliphatic carbocycles. The van der Waals surface area contributed by atoms with Crippen LogP contribution in [-0.4, -0.2) is 35.6 Å². The fourth-order valence-electron chi connectivity index (χ4n) is 1.02. The van der Waals surface area contributed by atoms with Gasteiger partial charge in [0.1, 0.15) is 5.75 Å². The van der Waals surface area contributed by atoms with Gasteiger partial charge in [0.15, 0.2) is 0 Å². The number of rotatable bonds is 3. The van der Waals surface area contributed by atoms with Crippen molar-refractivity contribution >= 4 is 22.6 Å². The van der Waals surface area contributed by atoms with Gasteiger partial charge in [-0.2, -0.15) is 0 Å². The van der Waals surface area contributed by atoms with Crippen molar-refractivity contribution in [3.8, 4) is 5.75 Å². The van der Waals surface area contributed by atoms with Crippen LogP contribution in [-0.2, 0) is 6.42 Å². The van der Waals surface area contributed by atoms with E-state index in [0.29, 0.717) is 5.75 Å². The fraction of sp³-hybridized carbons (Fsp3) is 0.455. The van der Waals surface area contributed by atoms with Crippen LogP contribution in [0.2, 0.25) is 0 Å². The molecule has 0 aromatic heterocycles. The Morgan fingerprint density at radius 2 is 1.64 bits per heavy atom. The predicted octanol–water partition coefficient (Wildman–Crippen LogP) is 2.55. The maximum absolute atomic E-state index is 9.02. The van der Waals surface area contributed by atoms with Gasteiger partial charge in [0.25, 0.3) is 0 Å². The largest absolute Gasteiger partial charge is 0.508 e. The third-order valence-electron chi connectivity index (χ3n) is 1.78. The van der Waals surface area contributed by atoms with Crippen LogP contribution < -0.4 is 0 Å². The SMILES string of the molecule is CI.CN(C)CCc1ccc(O)cc1. The highest BCUT2D eigenvalue weighted by molar-refractivity contribution is 14.1. The third-order valence-corrected chi connectivity index (χ3v) is 1.78. The molecule has 0 saturated carbocycles. The van der Waals surface area contributed by atoms with Crippen LogP contribution in [0.1, 0.15) is 5.56 Å². The molecule has 2 nitrogen and oxygen atoms in total. The molecule has 0 unspecified atom stereocenters. The molecule has 0 aliphatic rings. The summed E-state index contributed by atoms with van der Waals surface area (Å²) in [7, 11) is 4.11. The lowest BCUT2D eigenvalue weighted by atomic mass is 10.1. The Kier molecular flexibility index (Phi) is 7.89. The summed E-state index contributed by atoms with van der Waals surface area (Å²) >= 11 is 2.15. The molecule has 3 heteroatoms. The van der Waals surface area contributed by atoms with E-state index in [1.54, 1.807) is 12.1 Å². The van der Waals surface area contributed by atoms with Crippen LogP contribution in [0, 0.1) is 0 Å². The van der Waals surface area contributed by atoms with Crippen LogP contribution in [0.3, 0.4) is 0 Å². The van der Waals surface area contributed by atoms with Gasteiger partial charge in [-0.15, -0.1) is 0 Å². The molecule has 0 spiro atoms. The molecule has 1 aromatic carbocycles. The number of hydrogen-bond acceptors (Lipinski definition) is 2. The number of phenolic OH excluding ortho intramolecular Hbond substituents is 1. The standard InChI is InChI=1S/C10H15NO.CH3I/c1-11(2)8-7-9-3-5-10(12)6-4-9;1-2/h3-6,12H,7-8H2,1-2H3;1H3. The minimum Gasteiger partial charge on any atom is -0.508 e. The summed E-state index contributed by atoms with van der Waals surface area (Å²) in [6.07, 6.45) is 1.04. The van der Waals surface area contributed by atoms with Crippen LogP contribution in [0.25, 0.3) is 0 Å². The Hall–Kier alpha value is -0.290. The van der Waals surface area contributed by atoms with Crippen molar-refractivity contribution in [1.82, 2.24) is 4.90 Å². The van der Waals surface area contributed by atoms with Gasteiger partial charge in [-0.3, -0.25) is 0 Å². The third kappa shape index (κ3) is 6.21. The molecule has 1 rings (SSSR count). The highest BCUT2D eigenvalue weighted by atomic mass is 127. The van der Waals surface area contributed by atoms with Crippen molar-refractivity contribution < 1.29 is 5.11 Å². The summed E-state index contributed by atoms with van der Waals surface area (Å²) in [5, 5.41) is 9.02. The maximum atomic E-state index is 9.02. The zero-order valence-electron chi connectivity index (χ0n) is 9.00. The minimum atomic E-state index is 0.337. The maximum Gasteiger partial charge on any atom is 0.115 e.